The van der Waals surface area contributed by atoms with Crippen LogP contribution in [0.1, 0.15) is 11.1 Å². The Balaban J connectivity index is 1.63. The van der Waals surface area contributed by atoms with Crippen LogP contribution in [-0.4, -0.2) is 11.5 Å². The van der Waals surface area contributed by atoms with Gasteiger partial charge in [-0.15, -0.1) is 0 Å². The topological polar surface area (TPSA) is 0 Å². The molecule has 0 aliphatic heterocycles. The van der Waals surface area contributed by atoms with E-state index in [0.29, 0.717) is 0 Å². The first-order valence-corrected chi connectivity index (χ1v) is 8.28. The highest BCUT2D eigenvalue weighted by atomic mass is 32.2. The summed E-state index contributed by atoms with van der Waals surface area (Å²) in [6.45, 7) is 0. The van der Waals surface area contributed by atoms with Gasteiger partial charge >= 0.3 is 0 Å². The van der Waals surface area contributed by atoms with Crippen molar-refractivity contribution in [3.8, 4) is 22.3 Å². The minimum absolute atomic E-state index is 0.994. The molecule has 0 saturated heterocycles. The largest absolute Gasteiger partial charge is 0.0738 e. The fraction of sp³-hybridized carbons (Fsp3) is 0.111. The van der Waals surface area contributed by atoms with E-state index in [2.05, 4.69) is 22.3 Å². The summed E-state index contributed by atoms with van der Waals surface area (Å²) in [5.74, 6) is 8.25. The standard InChI is InChI=1S/C18H14S2/c1-3-7-17(8-4-1)11-13-19-15-16-20-14-12-18-9-5-2-6-10-18/h1-10H,15-16H2. The van der Waals surface area contributed by atoms with Gasteiger partial charge in [0.2, 0.25) is 0 Å². The number of hydrogen-bond donors (Lipinski definition) is 0. The van der Waals surface area contributed by atoms with Crippen molar-refractivity contribution in [2.75, 3.05) is 11.5 Å². The van der Waals surface area contributed by atoms with Gasteiger partial charge in [-0.25, -0.2) is 0 Å². The van der Waals surface area contributed by atoms with Gasteiger partial charge in [0.1, 0.15) is 0 Å². The van der Waals surface area contributed by atoms with E-state index in [0.717, 1.165) is 22.6 Å². The summed E-state index contributed by atoms with van der Waals surface area (Å²) in [6, 6.07) is 20.1. The van der Waals surface area contributed by atoms with Crippen molar-refractivity contribution in [3.05, 3.63) is 71.8 Å². The van der Waals surface area contributed by atoms with E-state index in [1.165, 1.54) is 0 Å². The van der Waals surface area contributed by atoms with Gasteiger partial charge in [0.05, 0.1) is 0 Å². The van der Waals surface area contributed by atoms with Crippen molar-refractivity contribution < 1.29 is 0 Å². The van der Waals surface area contributed by atoms with Gasteiger partial charge in [0, 0.05) is 22.6 Å². The second-order valence-electron chi connectivity index (χ2n) is 3.88. The summed E-state index contributed by atoms with van der Waals surface area (Å²) in [5.41, 5.74) is 2.13. The van der Waals surface area contributed by atoms with Crippen LogP contribution < -0.4 is 0 Å². The zero-order valence-corrected chi connectivity index (χ0v) is 12.6. The maximum absolute atomic E-state index is 3.13. The summed E-state index contributed by atoms with van der Waals surface area (Å²) in [6.07, 6.45) is 0. The molecule has 0 unspecified atom stereocenters. The molecule has 0 atom stereocenters. The van der Waals surface area contributed by atoms with Crippen molar-refractivity contribution in [1.29, 1.82) is 0 Å². The Bertz CT molecular complexity index is 566. The first-order chi connectivity index (χ1) is 9.95. The number of hydrogen-bond acceptors (Lipinski definition) is 2. The van der Waals surface area contributed by atoms with Gasteiger partial charge in [-0.3, -0.25) is 0 Å². The molecule has 0 spiro atoms. The van der Waals surface area contributed by atoms with E-state index in [9.17, 15) is 0 Å². The Morgan fingerprint density at radius 1 is 0.600 bits per heavy atom. The highest BCUT2D eigenvalue weighted by molar-refractivity contribution is 8.07. The summed E-state index contributed by atoms with van der Waals surface area (Å²) in [5, 5.41) is 6.23. The molecule has 0 amide bonds. The molecule has 0 N–H and O–H groups in total. The molecule has 0 aliphatic rings. The highest BCUT2D eigenvalue weighted by Gasteiger charge is 1.86. The molecular weight excluding hydrogens is 280 g/mol. The van der Waals surface area contributed by atoms with Crippen LogP contribution in [0.3, 0.4) is 0 Å². The van der Waals surface area contributed by atoms with Crippen LogP contribution >= 0.6 is 23.5 Å². The number of thioether (sulfide) groups is 2. The Hall–Kier alpha value is -1.74. The number of benzene rings is 2. The van der Waals surface area contributed by atoms with E-state index in [1.807, 2.05) is 60.7 Å². The summed E-state index contributed by atoms with van der Waals surface area (Å²) in [4.78, 5) is 0. The van der Waals surface area contributed by atoms with Gasteiger partial charge in [-0.2, -0.15) is 0 Å². The monoisotopic (exact) mass is 294 g/mol. The average Bonchev–Trinajstić information content (AvgIpc) is 2.52. The molecule has 0 bridgehead atoms. The first-order valence-electron chi connectivity index (χ1n) is 6.31. The Kier molecular flexibility index (Phi) is 6.75. The molecule has 2 heteroatoms. The van der Waals surface area contributed by atoms with Crippen molar-refractivity contribution >= 4 is 23.5 Å². The molecule has 0 nitrogen and oxygen atoms in total. The smallest absolute Gasteiger partial charge is 0.0254 e. The van der Waals surface area contributed by atoms with Crippen LogP contribution in [0.4, 0.5) is 0 Å². The lowest BCUT2D eigenvalue weighted by atomic mass is 10.2. The third-order valence-electron chi connectivity index (χ3n) is 2.37. The van der Waals surface area contributed by atoms with Crippen LogP contribution in [0.5, 0.6) is 0 Å². The summed E-state index contributed by atoms with van der Waals surface area (Å²) < 4.78 is 0. The second-order valence-corrected chi connectivity index (χ2v) is 5.69. The molecule has 2 rings (SSSR count). The molecule has 0 aromatic heterocycles. The van der Waals surface area contributed by atoms with Crippen LogP contribution in [0.2, 0.25) is 0 Å². The maximum Gasteiger partial charge on any atom is 0.0254 e. The van der Waals surface area contributed by atoms with Gasteiger partial charge in [0.25, 0.3) is 0 Å². The highest BCUT2D eigenvalue weighted by Crippen LogP contribution is 2.06. The lowest BCUT2D eigenvalue weighted by Gasteiger charge is -1.90. The molecule has 0 aliphatic carbocycles. The third-order valence-corrected chi connectivity index (χ3v) is 3.94. The van der Waals surface area contributed by atoms with Crippen LogP contribution in [0.15, 0.2) is 60.7 Å². The van der Waals surface area contributed by atoms with Crippen LogP contribution in [0, 0.1) is 22.3 Å². The minimum Gasteiger partial charge on any atom is -0.0738 e. The Morgan fingerprint density at radius 2 is 1.00 bits per heavy atom. The predicted molar refractivity (Wildman–Crippen MR) is 91.6 cm³/mol. The van der Waals surface area contributed by atoms with E-state index in [1.54, 1.807) is 23.5 Å². The zero-order valence-electron chi connectivity index (χ0n) is 11.0. The Labute approximate surface area is 129 Å². The van der Waals surface area contributed by atoms with Crippen molar-refractivity contribution in [2.45, 2.75) is 0 Å². The van der Waals surface area contributed by atoms with Gasteiger partial charge in [-0.05, 0) is 34.8 Å². The fourth-order valence-corrected chi connectivity index (χ4v) is 2.67. The van der Waals surface area contributed by atoms with E-state index < -0.39 is 0 Å². The van der Waals surface area contributed by atoms with Crippen molar-refractivity contribution in [2.24, 2.45) is 0 Å². The van der Waals surface area contributed by atoms with E-state index >= 15 is 0 Å². The summed E-state index contributed by atoms with van der Waals surface area (Å²) >= 11 is 3.29. The van der Waals surface area contributed by atoms with Crippen molar-refractivity contribution in [3.63, 3.8) is 0 Å². The molecule has 2 aromatic rings. The lowest BCUT2D eigenvalue weighted by molar-refractivity contribution is 1.57. The van der Waals surface area contributed by atoms with E-state index in [4.69, 9.17) is 0 Å². The van der Waals surface area contributed by atoms with Gasteiger partial charge in [0.15, 0.2) is 0 Å². The number of rotatable bonds is 3. The minimum atomic E-state index is 0.994. The predicted octanol–water partition coefficient (Wildman–Crippen LogP) is 4.47. The molecule has 20 heavy (non-hydrogen) atoms. The normalized spacial score (nSPS) is 9.00. The molecule has 0 saturated carbocycles. The molecule has 0 heterocycles. The van der Waals surface area contributed by atoms with Gasteiger partial charge in [-0.1, -0.05) is 71.8 Å². The molecular formula is C18H14S2. The zero-order chi connectivity index (χ0) is 13.9. The lowest BCUT2D eigenvalue weighted by Crippen LogP contribution is -1.79. The first kappa shape index (κ1) is 14.7. The second kappa shape index (κ2) is 9.21. The third kappa shape index (κ3) is 5.93. The summed E-state index contributed by atoms with van der Waals surface area (Å²) in [7, 11) is 0. The van der Waals surface area contributed by atoms with Crippen molar-refractivity contribution in [1.82, 2.24) is 0 Å². The molecule has 0 radical (unpaired) electrons. The van der Waals surface area contributed by atoms with Crippen LogP contribution in [0.25, 0.3) is 0 Å². The average molecular weight is 294 g/mol. The van der Waals surface area contributed by atoms with Gasteiger partial charge < -0.3 is 0 Å². The molecule has 2 aromatic carbocycles. The quantitative estimate of drug-likeness (QED) is 0.605. The molecule has 98 valence electrons. The molecule has 0 fully saturated rings. The van der Waals surface area contributed by atoms with E-state index in [-0.39, 0.29) is 0 Å². The maximum atomic E-state index is 3.13. The van der Waals surface area contributed by atoms with Crippen LogP contribution in [-0.2, 0) is 0 Å². The Morgan fingerprint density at radius 3 is 1.40 bits per heavy atom. The fourth-order valence-electron chi connectivity index (χ4n) is 1.42. The SMILES string of the molecule is C(#Cc1ccccc1)SCCSC#Cc1ccccc1.